The highest BCUT2D eigenvalue weighted by Crippen LogP contribution is 2.22. The summed E-state index contributed by atoms with van der Waals surface area (Å²) in [5.41, 5.74) is 2.87. The molecule has 94 valence electrons. The fraction of sp³-hybridized carbons (Fsp3) is 0.182. The van der Waals surface area contributed by atoms with E-state index in [-0.39, 0.29) is 5.69 Å². The zero-order valence-corrected chi connectivity index (χ0v) is 11.7. The van der Waals surface area contributed by atoms with Gasteiger partial charge in [0.2, 0.25) is 0 Å². The minimum absolute atomic E-state index is 0.0908. The van der Waals surface area contributed by atoms with Crippen LogP contribution in [-0.4, -0.2) is 9.91 Å². The standard InChI is InChI=1S/C11H10BrN3O2S/c12-11-3-9(15(16)17)2-1-8(11)4-13-5-10-6-14-7-18-10/h1-3,6-7,13H,4-5H2. The van der Waals surface area contributed by atoms with E-state index in [2.05, 4.69) is 26.2 Å². The molecule has 2 rings (SSSR count). The van der Waals surface area contributed by atoms with E-state index in [4.69, 9.17) is 0 Å². The van der Waals surface area contributed by atoms with Crippen molar-refractivity contribution >= 4 is 33.0 Å². The van der Waals surface area contributed by atoms with Gasteiger partial charge in [-0.15, -0.1) is 11.3 Å². The van der Waals surface area contributed by atoms with Gasteiger partial charge in [-0.1, -0.05) is 15.9 Å². The van der Waals surface area contributed by atoms with Crippen molar-refractivity contribution in [3.8, 4) is 0 Å². The molecule has 0 bridgehead atoms. The summed E-state index contributed by atoms with van der Waals surface area (Å²) in [6.07, 6.45) is 1.82. The smallest absolute Gasteiger partial charge is 0.270 e. The zero-order chi connectivity index (χ0) is 13.0. The summed E-state index contributed by atoms with van der Waals surface area (Å²) in [7, 11) is 0. The molecule has 0 aliphatic heterocycles. The van der Waals surface area contributed by atoms with Crippen molar-refractivity contribution in [1.82, 2.24) is 10.3 Å². The lowest BCUT2D eigenvalue weighted by Gasteiger charge is -2.05. The molecule has 7 heteroatoms. The van der Waals surface area contributed by atoms with Crippen molar-refractivity contribution in [2.45, 2.75) is 13.1 Å². The number of benzene rings is 1. The number of nitrogens with zero attached hydrogens (tertiary/aromatic N) is 2. The monoisotopic (exact) mass is 327 g/mol. The summed E-state index contributed by atoms with van der Waals surface area (Å²) in [4.78, 5) is 15.3. The molecule has 5 nitrogen and oxygen atoms in total. The SMILES string of the molecule is O=[N+]([O-])c1ccc(CNCc2cncs2)c(Br)c1. The number of halogens is 1. The lowest BCUT2D eigenvalue weighted by Crippen LogP contribution is -2.12. The van der Waals surface area contributed by atoms with Crippen molar-refractivity contribution in [2.24, 2.45) is 0 Å². The van der Waals surface area contributed by atoms with Gasteiger partial charge in [-0.05, 0) is 11.6 Å². The van der Waals surface area contributed by atoms with Crippen LogP contribution in [0.15, 0.2) is 34.4 Å². The van der Waals surface area contributed by atoms with Crippen molar-refractivity contribution in [3.05, 3.63) is 54.9 Å². The first-order valence-corrected chi connectivity index (χ1v) is 6.85. The van der Waals surface area contributed by atoms with Crippen LogP contribution in [0.5, 0.6) is 0 Å². The predicted octanol–water partition coefficient (Wildman–Crippen LogP) is 3.10. The van der Waals surface area contributed by atoms with Crippen molar-refractivity contribution in [3.63, 3.8) is 0 Å². The highest BCUT2D eigenvalue weighted by atomic mass is 79.9. The van der Waals surface area contributed by atoms with Gasteiger partial charge in [0.15, 0.2) is 0 Å². The quantitative estimate of drug-likeness (QED) is 0.676. The van der Waals surface area contributed by atoms with Crippen LogP contribution < -0.4 is 5.32 Å². The van der Waals surface area contributed by atoms with Crippen LogP contribution in [-0.2, 0) is 13.1 Å². The number of nitrogens with one attached hydrogen (secondary N) is 1. The topological polar surface area (TPSA) is 68.1 Å². The number of nitro groups is 1. The summed E-state index contributed by atoms with van der Waals surface area (Å²) >= 11 is 4.93. The molecule has 1 aromatic heterocycles. The minimum Gasteiger partial charge on any atom is -0.308 e. The van der Waals surface area contributed by atoms with Gasteiger partial charge < -0.3 is 5.32 Å². The highest BCUT2D eigenvalue weighted by Gasteiger charge is 2.08. The molecule has 1 N–H and O–H groups in total. The Morgan fingerprint density at radius 3 is 2.89 bits per heavy atom. The molecule has 18 heavy (non-hydrogen) atoms. The zero-order valence-electron chi connectivity index (χ0n) is 9.30. The minimum atomic E-state index is -0.403. The first kappa shape index (κ1) is 13.1. The average molecular weight is 328 g/mol. The predicted molar refractivity (Wildman–Crippen MR) is 73.5 cm³/mol. The summed E-state index contributed by atoms with van der Waals surface area (Å²) < 4.78 is 0.744. The number of non-ortho nitro benzene ring substituents is 1. The molecule has 1 heterocycles. The molecule has 0 fully saturated rings. The van der Waals surface area contributed by atoms with Crippen molar-refractivity contribution in [1.29, 1.82) is 0 Å². The van der Waals surface area contributed by atoms with Crippen LogP contribution in [0.4, 0.5) is 5.69 Å². The van der Waals surface area contributed by atoms with Crippen LogP contribution in [0.25, 0.3) is 0 Å². The van der Waals surface area contributed by atoms with Crippen molar-refractivity contribution < 1.29 is 4.92 Å². The van der Waals surface area contributed by atoms with Gasteiger partial charge in [0.1, 0.15) is 0 Å². The fourth-order valence-electron chi connectivity index (χ4n) is 1.44. The molecule has 0 unspecified atom stereocenters. The lowest BCUT2D eigenvalue weighted by atomic mass is 10.2. The molecule has 0 saturated carbocycles. The Labute approximate surface area is 116 Å². The summed E-state index contributed by atoms with van der Waals surface area (Å²) in [5, 5.41) is 13.9. The Bertz CT molecular complexity index is 545. The Morgan fingerprint density at radius 1 is 1.44 bits per heavy atom. The third-order valence-corrected chi connectivity index (χ3v) is 3.86. The van der Waals surface area contributed by atoms with E-state index < -0.39 is 4.92 Å². The Balaban J connectivity index is 1.95. The molecular weight excluding hydrogens is 318 g/mol. The van der Waals surface area contributed by atoms with Gasteiger partial charge in [-0.3, -0.25) is 15.1 Å². The van der Waals surface area contributed by atoms with Crippen LogP contribution in [0, 0.1) is 10.1 Å². The second kappa shape index (κ2) is 6.03. The van der Waals surface area contributed by atoms with Crippen molar-refractivity contribution in [2.75, 3.05) is 0 Å². The van der Waals surface area contributed by atoms with Crippen LogP contribution >= 0.6 is 27.3 Å². The summed E-state index contributed by atoms with van der Waals surface area (Å²) in [6.45, 7) is 1.39. The maximum Gasteiger partial charge on any atom is 0.270 e. The molecule has 0 aliphatic carbocycles. The number of aromatic nitrogens is 1. The lowest BCUT2D eigenvalue weighted by molar-refractivity contribution is -0.384. The Kier molecular flexibility index (Phi) is 4.40. The molecule has 0 radical (unpaired) electrons. The Morgan fingerprint density at radius 2 is 2.28 bits per heavy atom. The molecule has 0 atom stereocenters. The normalized spacial score (nSPS) is 10.5. The third kappa shape index (κ3) is 3.34. The van der Waals surface area contributed by atoms with Gasteiger partial charge in [-0.25, -0.2) is 0 Å². The summed E-state index contributed by atoms with van der Waals surface area (Å²) in [5.74, 6) is 0. The maximum absolute atomic E-state index is 10.6. The van der Waals surface area contributed by atoms with Crippen LogP contribution in [0.2, 0.25) is 0 Å². The van der Waals surface area contributed by atoms with Crippen LogP contribution in [0.1, 0.15) is 10.4 Å². The second-order valence-corrected chi connectivity index (χ2v) is 5.43. The third-order valence-electron chi connectivity index (χ3n) is 2.35. The number of thiazole rings is 1. The number of nitro benzene ring substituents is 1. The first-order valence-electron chi connectivity index (χ1n) is 5.17. The first-order chi connectivity index (χ1) is 8.66. The van der Waals surface area contributed by atoms with Gasteiger partial charge >= 0.3 is 0 Å². The maximum atomic E-state index is 10.6. The average Bonchev–Trinajstić information content (AvgIpc) is 2.84. The summed E-state index contributed by atoms with van der Waals surface area (Å²) in [6, 6.07) is 4.78. The van der Waals surface area contributed by atoms with Crippen LogP contribution in [0.3, 0.4) is 0 Å². The molecule has 0 saturated heterocycles. The largest absolute Gasteiger partial charge is 0.308 e. The number of hydrogen-bond donors (Lipinski definition) is 1. The van der Waals surface area contributed by atoms with Gasteiger partial charge in [0.05, 0.1) is 10.4 Å². The van der Waals surface area contributed by atoms with Gasteiger partial charge in [0.25, 0.3) is 5.69 Å². The van der Waals surface area contributed by atoms with E-state index in [0.29, 0.717) is 6.54 Å². The Hall–Kier alpha value is -1.31. The van der Waals surface area contributed by atoms with E-state index >= 15 is 0 Å². The number of hydrogen-bond acceptors (Lipinski definition) is 5. The molecule has 2 aromatic rings. The van der Waals surface area contributed by atoms with E-state index in [1.807, 2.05) is 6.20 Å². The van der Waals surface area contributed by atoms with Gasteiger partial charge in [0, 0.05) is 40.8 Å². The highest BCUT2D eigenvalue weighted by molar-refractivity contribution is 9.10. The van der Waals surface area contributed by atoms with E-state index in [1.165, 1.54) is 12.1 Å². The van der Waals surface area contributed by atoms with E-state index in [9.17, 15) is 10.1 Å². The molecule has 0 amide bonds. The molecule has 1 aromatic carbocycles. The second-order valence-electron chi connectivity index (χ2n) is 3.60. The van der Waals surface area contributed by atoms with E-state index in [1.54, 1.807) is 22.9 Å². The fourth-order valence-corrected chi connectivity index (χ4v) is 2.51. The number of rotatable bonds is 5. The molecule has 0 aliphatic rings. The molecule has 0 spiro atoms. The van der Waals surface area contributed by atoms with E-state index in [0.717, 1.165) is 21.5 Å². The van der Waals surface area contributed by atoms with Gasteiger partial charge in [-0.2, -0.15) is 0 Å². The molecular formula is C11H10BrN3O2S.